The van der Waals surface area contributed by atoms with Gasteiger partial charge in [-0.05, 0) is 47.1 Å². The molecule has 0 aliphatic carbocycles. The summed E-state index contributed by atoms with van der Waals surface area (Å²) in [5, 5.41) is 3.36. The van der Waals surface area contributed by atoms with E-state index in [2.05, 4.69) is 45.0 Å². The van der Waals surface area contributed by atoms with E-state index in [1.807, 2.05) is 27.7 Å². The molecule has 120 valence electrons. The van der Waals surface area contributed by atoms with E-state index in [1.165, 1.54) is 0 Å². The lowest BCUT2D eigenvalue weighted by Crippen LogP contribution is -2.60. The number of hydrogen-bond acceptors (Lipinski definition) is 4. The minimum atomic E-state index is -0.682. The summed E-state index contributed by atoms with van der Waals surface area (Å²) in [7, 11) is 2.06. The first-order valence-corrected chi connectivity index (χ1v) is 7.59. The predicted octanol–water partition coefficient (Wildman–Crippen LogP) is 2.67. The molecule has 4 heteroatoms. The summed E-state index contributed by atoms with van der Waals surface area (Å²) in [6.45, 7) is 17.7. The second-order valence-corrected chi connectivity index (χ2v) is 7.31. The molecule has 0 aliphatic heterocycles. The minimum Gasteiger partial charge on any atom is -0.465 e. The molecule has 0 rings (SSSR count). The molecule has 0 aromatic heterocycles. The summed E-state index contributed by atoms with van der Waals surface area (Å²) >= 11 is 0. The Bertz CT molecular complexity index is 310. The second-order valence-electron chi connectivity index (χ2n) is 7.31. The van der Waals surface area contributed by atoms with E-state index >= 15 is 0 Å². The third-order valence-electron chi connectivity index (χ3n) is 3.81. The maximum absolute atomic E-state index is 12.3. The van der Waals surface area contributed by atoms with E-state index in [0.717, 1.165) is 0 Å². The number of ether oxygens (including phenoxy) is 1. The molecule has 0 heterocycles. The van der Waals surface area contributed by atoms with E-state index in [4.69, 9.17) is 4.74 Å². The Balaban J connectivity index is 5.03. The van der Waals surface area contributed by atoms with Crippen LogP contribution in [0.4, 0.5) is 0 Å². The molecule has 0 radical (unpaired) electrons. The van der Waals surface area contributed by atoms with Gasteiger partial charge in [0.2, 0.25) is 0 Å². The number of esters is 1. The predicted molar refractivity (Wildman–Crippen MR) is 84.9 cm³/mol. The van der Waals surface area contributed by atoms with Crippen molar-refractivity contribution in [3.63, 3.8) is 0 Å². The molecule has 0 spiro atoms. The van der Waals surface area contributed by atoms with Crippen molar-refractivity contribution in [2.45, 2.75) is 73.0 Å². The molecule has 20 heavy (non-hydrogen) atoms. The fourth-order valence-electron chi connectivity index (χ4n) is 2.39. The summed E-state index contributed by atoms with van der Waals surface area (Å²) in [4.78, 5) is 14.5. The average molecular weight is 286 g/mol. The van der Waals surface area contributed by atoms with Crippen molar-refractivity contribution >= 4 is 5.97 Å². The third kappa shape index (κ3) is 5.80. The molecular weight excluding hydrogens is 252 g/mol. The first kappa shape index (κ1) is 19.4. The lowest BCUT2D eigenvalue weighted by molar-refractivity contribution is -0.152. The van der Waals surface area contributed by atoms with Crippen LogP contribution in [0.3, 0.4) is 0 Å². The van der Waals surface area contributed by atoms with E-state index in [1.54, 1.807) is 0 Å². The smallest absolute Gasteiger partial charge is 0.327 e. The highest BCUT2D eigenvalue weighted by Gasteiger charge is 2.38. The molecule has 0 saturated carbocycles. The second kappa shape index (κ2) is 7.41. The summed E-state index contributed by atoms with van der Waals surface area (Å²) in [6, 6.07) is 0.591. The SMILES string of the molecule is CCOC(=O)C(C)(CN(C)C(C)C(C)(C)C)NC(C)C. The van der Waals surface area contributed by atoms with Gasteiger partial charge in [-0.3, -0.25) is 10.1 Å². The Kier molecular flexibility index (Phi) is 7.19. The average Bonchev–Trinajstić information content (AvgIpc) is 2.25. The van der Waals surface area contributed by atoms with Crippen LogP contribution in [-0.4, -0.2) is 48.7 Å². The molecule has 4 nitrogen and oxygen atoms in total. The van der Waals surface area contributed by atoms with Gasteiger partial charge in [-0.15, -0.1) is 0 Å². The molecule has 0 fully saturated rings. The summed E-state index contributed by atoms with van der Waals surface area (Å²) in [6.07, 6.45) is 0. The summed E-state index contributed by atoms with van der Waals surface area (Å²) in [5.41, 5.74) is -0.513. The Morgan fingerprint density at radius 1 is 1.20 bits per heavy atom. The number of rotatable bonds is 7. The van der Waals surface area contributed by atoms with Crippen molar-refractivity contribution < 1.29 is 9.53 Å². The minimum absolute atomic E-state index is 0.169. The Morgan fingerprint density at radius 3 is 2.05 bits per heavy atom. The fraction of sp³-hybridized carbons (Fsp3) is 0.938. The van der Waals surface area contributed by atoms with Crippen LogP contribution >= 0.6 is 0 Å². The van der Waals surface area contributed by atoms with Gasteiger partial charge in [-0.25, -0.2) is 0 Å². The van der Waals surface area contributed by atoms with Gasteiger partial charge in [-0.2, -0.15) is 0 Å². The number of nitrogens with zero attached hydrogens (tertiary/aromatic N) is 1. The largest absolute Gasteiger partial charge is 0.465 e. The number of carbonyl (C=O) groups is 1. The van der Waals surface area contributed by atoms with Gasteiger partial charge >= 0.3 is 5.97 Å². The van der Waals surface area contributed by atoms with E-state index < -0.39 is 5.54 Å². The molecule has 0 aromatic rings. The van der Waals surface area contributed by atoms with Crippen molar-refractivity contribution in [2.75, 3.05) is 20.2 Å². The highest BCUT2D eigenvalue weighted by molar-refractivity contribution is 5.80. The quantitative estimate of drug-likeness (QED) is 0.731. The topological polar surface area (TPSA) is 41.6 Å². The Morgan fingerprint density at radius 2 is 1.70 bits per heavy atom. The molecule has 2 atom stereocenters. The van der Waals surface area contributed by atoms with Gasteiger partial charge in [0, 0.05) is 18.6 Å². The molecular formula is C16H34N2O2. The van der Waals surface area contributed by atoms with Crippen LogP contribution in [0.25, 0.3) is 0 Å². The molecule has 0 amide bonds. The van der Waals surface area contributed by atoms with Gasteiger partial charge in [0.1, 0.15) is 5.54 Å². The van der Waals surface area contributed by atoms with Crippen molar-refractivity contribution in [1.82, 2.24) is 10.2 Å². The first-order valence-electron chi connectivity index (χ1n) is 7.59. The molecule has 1 N–H and O–H groups in total. The van der Waals surface area contributed by atoms with E-state index in [-0.39, 0.29) is 17.4 Å². The fourth-order valence-corrected chi connectivity index (χ4v) is 2.39. The number of carbonyl (C=O) groups excluding carboxylic acids is 1. The van der Waals surface area contributed by atoms with Crippen LogP contribution in [0, 0.1) is 5.41 Å². The monoisotopic (exact) mass is 286 g/mol. The normalized spacial score (nSPS) is 17.1. The summed E-state index contributed by atoms with van der Waals surface area (Å²) < 4.78 is 5.25. The standard InChI is InChI=1S/C16H34N2O2/c1-10-20-14(19)16(8,17-12(2)3)11-18(9)13(4)15(5,6)7/h12-13,17H,10-11H2,1-9H3. The van der Waals surface area contributed by atoms with Gasteiger partial charge in [0.25, 0.3) is 0 Å². The zero-order valence-corrected chi connectivity index (χ0v) is 14.8. The first-order chi connectivity index (χ1) is 8.94. The number of likely N-dealkylation sites (N-methyl/N-ethyl adjacent to an activating group) is 1. The van der Waals surface area contributed by atoms with Gasteiger partial charge < -0.3 is 9.64 Å². The van der Waals surface area contributed by atoms with Crippen LogP contribution in [0.1, 0.15) is 55.4 Å². The molecule has 0 aliphatic rings. The number of nitrogens with one attached hydrogen (secondary N) is 1. The van der Waals surface area contributed by atoms with Crippen LogP contribution < -0.4 is 5.32 Å². The Labute approximate surface area is 125 Å². The van der Waals surface area contributed by atoms with Gasteiger partial charge in [-0.1, -0.05) is 20.8 Å². The van der Waals surface area contributed by atoms with E-state index in [9.17, 15) is 4.79 Å². The van der Waals surface area contributed by atoms with Gasteiger partial charge in [0.05, 0.1) is 6.61 Å². The molecule has 2 unspecified atom stereocenters. The zero-order chi connectivity index (χ0) is 16.1. The van der Waals surface area contributed by atoms with Crippen molar-refractivity contribution in [1.29, 1.82) is 0 Å². The maximum atomic E-state index is 12.3. The highest BCUT2D eigenvalue weighted by Crippen LogP contribution is 2.24. The zero-order valence-electron chi connectivity index (χ0n) is 14.8. The lowest BCUT2D eigenvalue weighted by atomic mass is 9.86. The molecule has 0 aromatic carbocycles. The third-order valence-corrected chi connectivity index (χ3v) is 3.81. The van der Waals surface area contributed by atoms with Crippen LogP contribution in [0.15, 0.2) is 0 Å². The van der Waals surface area contributed by atoms with E-state index in [0.29, 0.717) is 19.2 Å². The molecule has 0 bridgehead atoms. The van der Waals surface area contributed by atoms with Crippen molar-refractivity contribution in [2.24, 2.45) is 5.41 Å². The summed E-state index contributed by atoms with van der Waals surface area (Å²) in [5.74, 6) is -0.179. The molecule has 0 saturated heterocycles. The highest BCUT2D eigenvalue weighted by atomic mass is 16.5. The van der Waals surface area contributed by atoms with Crippen LogP contribution in [0.2, 0.25) is 0 Å². The van der Waals surface area contributed by atoms with Crippen LogP contribution in [0.5, 0.6) is 0 Å². The Hall–Kier alpha value is -0.610. The lowest BCUT2D eigenvalue weighted by Gasteiger charge is -2.41. The maximum Gasteiger partial charge on any atom is 0.327 e. The van der Waals surface area contributed by atoms with Gasteiger partial charge in [0.15, 0.2) is 0 Å². The van der Waals surface area contributed by atoms with Crippen LogP contribution in [-0.2, 0) is 9.53 Å². The van der Waals surface area contributed by atoms with Crippen molar-refractivity contribution in [3.8, 4) is 0 Å². The number of hydrogen-bond donors (Lipinski definition) is 1. The van der Waals surface area contributed by atoms with Crippen molar-refractivity contribution in [3.05, 3.63) is 0 Å².